The Hall–Kier alpha value is -1.90. The SMILES string of the molecule is C[C@]12C=CC(=O)NC1CC[C@@H]1[C@H]2CC[C@]2(C)C(C(=O)c3ccccc3)CC[C@@H]12. The van der Waals surface area contributed by atoms with Crippen molar-refractivity contribution in [1.82, 2.24) is 5.32 Å². The monoisotopic (exact) mass is 377 g/mol. The van der Waals surface area contributed by atoms with E-state index in [2.05, 4.69) is 25.2 Å². The van der Waals surface area contributed by atoms with Crippen LogP contribution in [-0.4, -0.2) is 17.7 Å². The molecule has 5 rings (SSSR count). The Morgan fingerprint density at radius 3 is 2.57 bits per heavy atom. The van der Waals surface area contributed by atoms with Gasteiger partial charge in [0.2, 0.25) is 5.91 Å². The van der Waals surface area contributed by atoms with Gasteiger partial charge in [-0.2, -0.15) is 0 Å². The van der Waals surface area contributed by atoms with Gasteiger partial charge in [0.1, 0.15) is 0 Å². The average Bonchev–Trinajstić information content (AvgIpc) is 3.06. The smallest absolute Gasteiger partial charge is 0.243 e. The summed E-state index contributed by atoms with van der Waals surface area (Å²) in [7, 11) is 0. The molecule has 1 aliphatic heterocycles. The number of ketones is 1. The normalized spacial score (nSPS) is 44.2. The van der Waals surface area contributed by atoms with Gasteiger partial charge in [-0.25, -0.2) is 0 Å². The fourth-order valence-electron chi connectivity index (χ4n) is 7.57. The first-order valence-electron chi connectivity index (χ1n) is 11.0. The zero-order valence-electron chi connectivity index (χ0n) is 17.0. The van der Waals surface area contributed by atoms with Crippen molar-refractivity contribution in [2.24, 2.45) is 34.5 Å². The van der Waals surface area contributed by atoms with E-state index in [0.717, 1.165) is 24.8 Å². The molecule has 1 heterocycles. The molecule has 1 N–H and O–H groups in total. The van der Waals surface area contributed by atoms with Crippen molar-refractivity contribution in [1.29, 1.82) is 0 Å². The van der Waals surface area contributed by atoms with Gasteiger partial charge < -0.3 is 5.32 Å². The van der Waals surface area contributed by atoms with Crippen LogP contribution in [0.15, 0.2) is 42.5 Å². The molecule has 0 aromatic heterocycles. The molecule has 2 unspecified atom stereocenters. The van der Waals surface area contributed by atoms with Gasteiger partial charge in [-0.15, -0.1) is 0 Å². The Morgan fingerprint density at radius 2 is 1.79 bits per heavy atom. The molecule has 0 radical (unpaired) electrons. The summed E-state index contributed by atoms with van der Waals surface area (Å²) < 4.78 is 0. The molecule has 4 aliphatic rings. The van der Waals surface area contributed by atoms with E-state index in [4.69, 9.17) is 0 Å². The first kappa shape index (κ1) is 18.1. The highest BCUT2D eigenvalue weighted by atomic mass is 16.1. The maximum absolute atomic E-state index is 13.3. The van der Waals surface area contributed by atoms with E-state index in [0.29, 0.717) is 23.5 Å². The molecule has 0 saturated heterocycles. The van der Waals surface area contributed by atoms with E-state index in [-0.39, 0.29) is 28.7 Å². The first-order chi connectivity index (χ1) is 13.4. The summed E-state index contributed by atoms with van der Waals surface area (Å²) in [4.78, 5) is 25.2. The second-order valence-electron chi connectivity index (χ2n) is 10.1. The predicted octanol–water partition coefficient (Wildman–Crippen LogP) is 4.78. The molecule has 3 fully saturated rings. The molecule has 3 aliphatic carbocycles. The molecule has 28 heavy (non-hydrogen) atoms. The van der Waals surface area contributed by atoms with Crippen molar-refractivity contribution in [3.05, 3.63) is 48.0 Å². The van der Waals surface area contributed by atoms with Crippen LogP contribution >= 0.6 is 0 Å². The fraction of sp³-hybridized carbons (Fsp3) is 0.600. The Kier molecular flexibility index (Phi) is 4.08. The van der Waals surface area contributed by atoms with Gasteiger partial charge in [0.25, 0.3) is 0 Å². The number of carbonyl (C=O) groups is 2. The Morgan fingerprint density at radius 1 is 1.00 bits per heavy atom. The minimum absolute atomic E-state index is 0.0657. The van der Waals surface area contributed by atoms with Gasteiger partial charge in [0.15, 0.2) is 5.78 Å². The summed E-state index contributed by atoms with van der Waals surface area (Å²) in [5.41, 5.74) is 1.07. The minimum atomic E-state index is 0.0657. The second kappa shape index (κ2) is 6.30. The number of benzene rings is 1. The molecule has 148 valence electrons. The van der Waals surface area contributed by atoms with E-state index >= 15 is 0 Å². The zero-order chi connectivity index (χ0) is 19.5. The third-order valence-corrected chi connectivity index (χ3v) is 9.06. The van der Waals surface area contributed by atoms with Gasteiger partial charge in [0.05, 0.1) is 0 Å². The van der Waals surface area contributed by atoms with Gasteiger partial charge >= 0.3 is 0 Å². The van der Waals surface area contributed by atoms with Crippen LogP contribution in [-0.2, 0) is 4.79 Å². The highest BCUT2D eigenvalue weighted by Gasteiger charge is 2.60. The molecule has 3 nitrogen and oxygen atoms in total. The van der Waals surface area contributed by atoms with Crippen LogP contribution in [0.4, 0.5) is 0 Å². The first-order valence-corrected chi connectivity index (χ1v) is 11.0. The quantitative estimate of drug-likeness (QED) is 0.754. The standard InChI is InChI=1S/C25H31NO2/c1-24-14-12-19-17(8-11-21-25(19,2)15-13-22(27)26-21)18(24)9-10-20(24)23(28)16-6-4-3-5-7-16/h3-7,13,15,17-21H,8-12,14H2,1-2H3,(H,26,27)/t17-,18-,19+,20?,21?,24-,25+/m0/s1. The maximum atomic E-state index is 13.3. The topological polar surface area (TPSA) is 46.2 Å². The Balaban J connectivity index is 1.44. The van der Waals surface area contributed by atoms with Crippen molar-refractivity contribution in [3.63, 3.8) is 0 Å². The third kappa shape index (κ3) is 2.47. The maximum Gasteiger partial charge on any atom is 0.243 e. The van der Waals surface area contributed by atoms with E-state index in [9.17, 15) is 9.59 Å². The lowest BCUT2D eigenvalue weighted by Gasteiger charge is -2.58. The van der Waals surface area contributed by atoms with Crippen LogP contribution in [0.25, 0.3) is 0 Å². The van der Waals surface area contributed by atoms with Gasteiger partial charge in [-0.3, -0.25) is 9.59 Å². The summed E-state index contributed by atoms with van der Waals surface area (Å²) in [6.07, 6.45) is 10.7. The Bertz CT molecular complexity index is 830. The molecule has 0 bridgehead atoms. The number of amides is 1. The van der Waals surface area contributed by atoms with Crippen molar-refractivity contribution >= 4 is 11.7 Å². The molecule has 1 aromatic carbocycles. The predicted molar refractivity (Wildman–Crippen MR) is 110 cm³/mol. The van der Waals surface area contributed by atoms with E-state index in [1.807, 2.05) is 30.3 Å². The lowest BCUT2D eigenvalue weighted by Crippen LogP contribution is -2.59. The largest absolute Gasteiger partial charge is 0.349 e. The van der Waals surface area contributed by atoms with E-state index < -0.39 is 0 Å². The number of carbonyl (C=O) groups excluding carboxylic acids is 2. The zero-order valence-corrected chi connectivity index (χ0v) is 17.0. The van der Waals surface area contributed by atoms with Gasteiger partial charge in [0, 0.05) is 22.9 Å². The summed E-state index contributed by atoms with van der Waals surface area (Å²) in [6.45, 7) is 4.76. The molecular formula is C25H31NO2. The molecule has 3 saturated carbocycles. The van der Waals surface area contributed by atoms with Crippen LogP contribution in [0.3, 0.4) is 0 Å². The van der Waals surface area contributed by atoms with Crippen molar-refractivity contribution in [2.45, 2.75) is 58.4 Å². The van der Waals surface area contributed by atoms with Gasteiger partial charge in [-0.1, -0.05) is 50.3 Å². The van der Waals surface area contributed by atoms with Crippen LogP contribution in [0, 0.1) is 34.5 Å². The Labute approximate surface area is 168 Å². The van der Waals surface area contributed by atoms with Crippen LogP contribution in [0.5, 0.6) is 0 Å². The summed E-state index contributed by atoms with van der Waals surface area (Å²) in [5, 5.41) is 3.23. The molecule has 0 spiro atoms. The van der Waals surface area contributed by atoms with Crippen molar-refractivity contribution in [3.8, 4) is 0 Å². The summed E-state index contributed by atoms with van der Waals surface area (Å²) in [6, 6.07) is 10.2. The van der Waals surface area contributed by atoms with Crippen molar-refractivity contribution in [2.75, 3.05) is 0 Å². The minimum Gasteiger partial charge on any atom is -0.349 e. The molecule has 7 atom stereocenters. The molecule has 1 aromatic rings. The molecule has 3 heteroatoms. The van der Waals surface area contributed by atoms with Crippen LogP contribution in [0.2, 0.25) is 0 Å². The number of nitrogens with one attached hydrogen (secondary N) is 1. The summed E-state index contributed by atoms with van der Waals surface area (Å²) in [5.74, 6) is 2.51. The van der Waals surface area contributed by atoms with E-state index in [1.165, 1.54) is 19.3 Å². The highest BCUT2D eigenvalue weighted by molar-refractivity contribution is 5.98. The lowest BCUT2D eigenvalue weighted by atomic mass is 9.47. The highest BCUT2D eigenvalue weighted by Crippen LogP contribution is 2.65. The number of Topliss-reactive ketones (excluding diaryl/α,β-unsaturated/α-hetero) is 1. The average molecular weight is 378 g/mol. The third-order valence-electron chi connectivity index (χ3n) is 9.06. The fourth-order valence-corrected chi connectivity index (χ4v) is 7.57. The number of hydrogen-bond acceptors (Lipinski definition) is 2. The van der Waals surface area contributed by atoms with Crippen LogP contribution in [0.1, 0.15) is 62.7 Å². The van der Waals surface area contributed by atoms with Crippen molar-refractivity contribution < 1.29 is 9.59 Å². The number of fused-ring (bicyclic) bond motifs is 5. The van der Waals surface area contributed by atoms with Crippen LogP contribution < -0.4 is 5.32 Å². The number of hydrogen-bond donors (Lipinski definition) is 1. The van der Waals surface area contributed by atoms with Gasteiger partial charge in [-0.05, 0) is 67.8 Å². The lowest BCUT2D eigenvalue weighted by molar-refractivity contribution is -0.122. The van der Waals surface area contributed by atoms with E-state index in [1.54, 1.807) is 6.08 Å². The molecule has 1 amide bonds. The summed E-state index contributed by atoms with van der Waals surface area (Å²) >= 11 is 0. The second-order valence-corrected chi connectivity index (χ2v) is 10.1. The number of rotatable bonds is 2. The molecular weight excluding hydrogens is 346 g/mol.